The molecule has 62 heavy (non-hydrogen) atoms. The molecular formula is C45H62N8O9. The number of piperazine rings is 1. The van der Waals surface area contributed by atoms with Crippen LogP contribution in [0, 0.1) is 6.92 Å². The zero-order chi connectivity index (χ0) is 43.9. The van der Waals surface area contributed by atoms with Gasteiger partial charge >= 0.3 is 23.8 Å². The number of anilines is 1. The number of amides is 5. The highest BCUT2D eigenvalue weighted by Gasteiger charge is 2.37. The minimum absolute atomic E-state index is 0.0375. The summed E-state index contributed by atoms with van der Waals surface area (Å²) in [5, 5.41) is 3.04. The van der Waals surface area contributed by atoms with Crippen LogP contribution in [-0.4, -0.2) is 168 Å². The van der Waals surface area contributed by atoms with Crippen molar-refractivity contribution >= 4 is 46.7 Å². The van der Waals surface area contributed by atoms with Gasteiger partial charge in [0.2, 0.25) is 5.91 Å². The molecule has 0 radical (unpaired) electrons. The maximum Gasteiger partial charge on any atom is 0.419 e. The molecule has 0 spiro atoms. The number of ether oxygens (including phenoxy) is 2. The Morgan fingerprint density at radius 2 is 1.55 bits per heavy atom. The van der Waals surface area contributed by atoms with Crippen molar-refractivity contribution in [2.75, 3.05) is 91.5 Å². The van der Waals surface area contributed by atoms with Gasteiger partial charge in [0.25, 0.3) is 5.91 Å². The van der Waals surface area contributed by atoms with Crippen molar-refractivity contribution in [2.45, 2.75) is 82.9 Å². The Bertz CT molecular complexity index is 2150. The number of nitrogens with zero attached hydrogens (tertiary/aromatic N) is 7. The number of oxazole rings is 1. The van der Waals surface area contributed by atoms with Gasteiger partial charge in [0.15, 0.2) is 11.7 Å². The molecular weight excluding hydrogens is 797 g/mol. The van der Waals surface area contributed by atoms with Crippen LogP contribution in [0.4, 0.5) is 15.3 Å². The van der Waals surface area contributed by atoms with E-state index in [1.807, 2.05) is 66.1 Å². The first-order valence-electron chi connectivity index (χ1n) is 22.2. The monoisotopic (exact) mass is 858 g/mol. The molecule has 4 aliphatic rings. The van der Waals surface area contributed by atoms with Gasteiger partial charge in [0, 0.05) is 103 Å². The Morgan fingerprint density at radius 3 is 2.27 bits per heavy atom. The van der Waals surface area contributed by atoms with Crippen molar-refractivity contribution in [3.63, 3.8) is 0 Å². The highest BCUT2D eigenvalue weighted by atomic mass is 16.6. The highest BCUT2D eigenvalue weighted by Crippen LogP contribution is 2.27. The van der Waals surface area contributed by atoms with E-state index in [4.69, 9.17) is 13.9 Å². The van der Waals surface area contributed by atoms with Crippen LogP contribution in [0.5, 0.6) is 0 Å². The summed E-state index contributed by atoms with van der Waals surface area (Å²) < 4.78 is 18.4. The molecule has 3 fully saturated rings. The maximum absolute atomic E-state index is 14.4. The number of rotatable bonds is 13. The van der Waals surface area contributed by atoms with Crippen molar-refractivity contribution in [1.29, 1.82) is 0 Å². The van der Waals surface area contributed by atoms with Crippen LogP contribution in [-0.2, 0) is 43.7 Å². The number of urea groups is 1. The zero-order valence-corrected chi connectivity index (χ0v) is 36.6. The van der Waals surface area contributed by atoms with E-state index in [-0.39, 0.29) is 55.2 Å². The lowest BCUT2D eigenvalue weighted by Crippen LogP contribution is -2.56. The number of para-hydroxylation sites is 1. The van der Waals surface area contributed by atoms with Gasteiger partial charge in [-0.05, 0) is 88.4 Å². The summed E-state index contributed by atoms with van der Waals surface area (Å²) in [6.07, 6.45) is 2.78. The molecule has 7 rings (SSSR count). The van der Waals surface area contributed by atoms with Gasteiger partial charge in [-0.25, -0.2) is 14.4 Å². The second-order valence-electron chi connectivity index (χ2n) is 17.4. The fourth-order valence-electron chi connectivity index (χ4n) is 9.38. The number of carbonyl (C=O) groups excluding carboxylic acids is 5. The summed E-state index contributed by atoms with van der Waals surface area (Å²) in [4.78, 5) is 90.4. The van der Waals surface area contributed by atoms with Gasteiger partial charge in [-0.3, -0.25) is 23.9 Å². The lowest BCUT2D eigenvalue weighted by molar-refractivity contribution is -0.146. The number of hydrogen-bond acceptors (Lipinski definition) is 11. The standard InChI is InChI=1S/C45H62N8O9/c1-31-28-32(29-37-41(31)48(4)44(58)61-37)30-38(62-45(59)52-20-15-35(16-21-52)53-22-12-33-8-5-6-9-36(33)46-43(53)57)42(56)51-18-13-34(14-19-51)49-23-25-50(26-24-49)39(54)10-11-40(55)60-27-7-17-47(2)3/h5-6,8-9,28-29,34-35,38H,7,10-27,30H2,1-4H3,(H,46,57)/t38-/m1/s1. The third kappa shape index (κ3) is 10.8. The summed E-state index contributed by atoms with van der Waals surface area (Å²) in [6.45, 7) is 7.98. The van der Waals surface area contributed by atoms with Gasteiger partial charge in [-0.1, -0.05) is 24.3 Å². The van der Waals surface area contributed by atoms with Crippen molar-refractivity contribution in [2.24, 2.45) is 7.05 Å². The van der Waals surface area contributed by atoms with Crippen LogP contribution in [0.3, 0.4) is 0 Å². The van der Waals surface area contributed by atoms with E-state index in [9.17, 15) is 28.8 Å². The molecule has 5 heterocycles. The predicted octanol–water partition coefficient (Wildman–Crippen LogP) is 3.45. The fourth-order valence-corrected chi connectivity index (χ4v) is 9.38. The van der Waals surface area contributed by atoms with Crippen molar-refractivity contribution in [3.05, 3.63) is 63.6 Å². The number of benzene rings is 2. The number of carbonyl (C=O) groups is 5. The van der Waals surface area contributed by atoms with Gasteiger partial charge in [0.1, 0.15) is 0 Å². The van der Waals surface area contributed by atoms with Crippen LogP contribution in [0.15, 0.2) is 45.6 Å². The van der Waals surface area contributed by atoms with Crippen LogP contribution >= 0.6 is 0 Å². The molecule has 5 amide bonds. The molecule has 1 atom stereocenters. The van der Waals surface area contributed by atoms with Gasteiger partial charge in [-0.2, -0.15) is 0 Å². The molecule has 1 N–H and O–H groups in total. The summed E-state index contributed by atoms with van der Waals surface area (Å²) in [5.41, 5.74) is 4.52. The number of likely N-dealkylation sites (tertiary alicyclic amines) is 2. The normalized spacial score (nSPS) is 18.7. The second-order valence-corrected chi connectivity index (χ2v) is 17.4. The van der Waals surface area contributed by atoms with E-state index in [0.29, 0.717) is 95.0 Å². The van der Waals surface area contributed by atoms with Crippen LogP contribution < -0.4 is 11.1 Å². The Morgan fingerprint density at radius 1 is 0.855 bits per heavy atom. The number of hydrogen-bond donors (Lipinski definition) is 1. The molecule has 2 aromatic carbocycles. The third-order valence-corrected chi connectivity index (χ3v) is 12.9. The van der Waals surface area contributed by atoms with Crippen molar-refractivity contribution in [1.82, 2.24) is 34.0 Å². The van der Waals surface area contributed by atoms with Gasteiger partial charge in [-0.15, -0.1) is 0 Å². The fraction of sp³-hybridized carbons (Fsp3) is 0.600. The maximum atomic E-state index is 14.4. The number of esters is 1. The highest BCUT2D eigenvalue weighted by molar-refractivity contribution is 5.91. The van der Waals surface area contributed by atoms with Crippen LogP contribution in [0.1, 0.15) is 61.6 Å². The first-order valence-corrected chi connectivity index (χ1v) is 22.2. The number of aryl methyl sites for hydroxylation is 2. The Kier molecular flexibility index (Phi) is 14.5. The Hall–Kier alpha value is -5.42. The topological polar surface area (TPSA) is 170 Å². The SMILES string of the molecule is Cc1cc(C[C@@H](OC(=O)N2CCC(N3CCc4ccccc4NC3=O)CC2)C(=O)N2CCC(N3CCN(C(=O)CCC(=O)OCCCN(C)C)CC3)CC2)cc2oc(=O)n(C)c12. The average Bonchev–Trinajstić information content (AvgIpc) is 3.45. The Balaban J connectivity index is 0.928. The lowest BCUT2D eigenvalue weighted by atomic mass is 9.99. The molecule has 17 nitrogen and oxygen atoms in total. The molecule has 0 bridgehead atoms. The molecule has 3 saturated heterocycles. The number of piperidine rings is 2. The Labute approximate surface area is 362 Å². The van der Waals surface area contributed by atoms with E-state index < -0.39 is 18.0 Å². The van der Waals surface area contributed by atoms with Crippen LogP contribution in [0.25, 0.3) is 11.1 Å². The molecule has 0 saturated carbocycles. The minimum atomic E-state index is -1.11. The summed E-state index contributed by atoms with van der Waals surface area (Å²) >= 11 is 0. The number of nitrogens with one attached hydrogen (secondary N) is 1. The minimum Gasteiger partial charge on any atom is -0.466 e. The molecule has 4 aliphatic heterocycles. The number of fused-ring (bicyclic) bond motifs is 2. The molecule has 3 aromatic rings. The van der Waals surface area contributed by atoms with Crippen LogP contribution in [0.2, 0.25) is 0 Å². The number of aromatic nitrogens is 1. The predicted molar refractivity (Wildman–Crippen MR) is 232 cm³/mol. The quantitative estimate of drug-likeness (QED) is 0.197. The molecule has 1 aromatic heterocycles. The summed E-state index contributed by atoms with van der Waals surface area (Å²) in [6, 6.07) is 11.5. The van der Waals surface area contributed by atoms with Crippen molar-refractivity contribution < 1.29 is 37.9 Å². The van der Waals surface area contributed by atoms with E-state index >= 15 is 0 Å². The second kappa shape index (κ2) is 20.2. The zero-order valence-electron chi connectivity index (χ0n) is 36.6. The largest absolute Gasteiger partial charge is 0.466 e. The van der Waals surface area contributed by atoms with E-state index in [1.165, 1.54) is 4.57 Å². The smallest absolute Gasteiger partial charge is 0.419 e. The first-order chi connectivity index (χ1) is 29.8. The molecule has 0 unspecified atom stereocenters. The van der Waals surface area contributed by atoms with Gasteiger partial charge < -0.3 is 43.7 Å². The summed E-state index contributed by atoms with van der Waals surface area (Å²) in [7, 11) is 5.58. The van der Waals surface area contributed by atoms with E-state index in [1.54, 1.807) is 22.9 Å². The lowest BCUT2D eigenvalue weighted by Gasteiger charge is -2.43. The van der Waals surface area contributed by atoms with Crippen molar-refractivity contribution in [3.8, 4) is 0 Å². The molecule has 0 aliphatic carbocycles. The third-order valence-electron chi connectivity index (χ3n) is 12.9. The van der Waals surface area contributed by atoms with E-state index in [2.05, 4.69) is 10.2 Å². The van der Waals surface area contributed by atoms with Gasteiger partial charge in [0.05, 0.1) is 18.5 Å². The molecule has 336 valence electrons. The molecule has 17 heteroatoms. The average molecular weight is 859 g/mol. The first kappa shape index (κ1) is 44.6. The van der Waals surface area contributed by atoms with E-state index in [0.717, 1.165) is 49.0 Å². The summed E-state index contributed by atoms with van der Waals surface area (Å²) in [5.74, 6) is -1.14.